The van der Waals surface area contributed by atoms with Crippen LogP contribution in [0.15, 0.2) is 16.4 Å². The fraction of sp³-hybridized carbons (Fsp3) is 0.727. The van der Waals surface area contributed by atoms with E-state index in [1.165, 1.54) is 77.0 Å². The van der Waals surface area contributed by atoms with E-state index < -0.39 is 0 Å². The maximum Gasteiger partial charge on any atom is 0.192 e. The zero-order valence-electron chi connectivity index (χ0n) is 26.7. The van der Waals surface area contributed by atoms with E-state index in [-0.39, 0.29) is 16.6 Å². The van der Waals surface area contributed by atoms with E-state index in [0.717, 1.165) is 38.5 Å². The van der Waals surface area contributed by atoms with Crippen LogP contribution in [0.1, 0.15) is 144 Å². The Hall–Kier alpha value is -1.47. The lowest BCUT2D eigenvalue weighted by Crippen LogP contribution is -2.20. The number of nitrogen functional groups attached to an aromatic ring is 1. The lowest BCUT2D eigenvalue weighted by Gasteiger charge is -2.30. The van der Waals surface area contributed by atoms with Crippen molar-refractivity contribution in [1.82, 2.24) is 15.0 Å². The lowest BCUT2D eigenvalue weighted by molar-refractivity contribution is 0.424. The van der Waals surface area contributed by atoms with E-state index in [9.17, 15) is 5.11 Å². The van der Waals surface area contributed by atoms with E-state index in [1.54, 1.807) is 23.5 Å². The Balaban J connectivity index is 2.38. The average Bonchev–Trinajstić information content (AvgIpc) is 2.86. The molecule has 0 aliphatic rings. The van der Waals surface area contributed by atoms with Gasteiger partial charge in [-0.1, -0.05) is 143 Å². The molecule has 0 spiro atoms. The number of nitrogens with two attached hydrogens (primary N) is 1. The summed E-state index contributed by atoms with van der Waals surface area (Å²) in [5.41, 5.74) is 9.18. The second-order valence-corrected chi connectivity index (χ2v) is 15.2. The molecule has 0 unspecified atom stereocenters. The van der Waals surface area contributed by atoms with Crippen LogP contribution in [0.2, 0.25) is 0 Å². The molecule has 0 atom stereocenters. The molecule has 1 aromatic heterocycles. The van der Waals surface area contributed by atoms with Crippen molar-refractivity contribution >= 4 is 29.2 Å². The van der Waals surface area contributed by atoms with Gasteiger partial charge in [0.1, 0.15) is 5.75 Å². The molecule has 1 aromatic carbocycles. The molecule has 2 aromatic rings. The van der Waals surface area contributed by atoms with Gasteiger partial charge in [0.25, 0.3) is 0 Å². The van der Waals surface area contributed by atoms with Crippen LogP contribution in [0.5, 0.6) is 5.75 Å². The van der Waals surface area contributed by atoms with Crippen molar-refractivity contribution in [2.45, 2.75) is 154 Å². The van der Waals surface area contributed by atoms with Crippen molar-refractivity contribution in [2.24, 2.45) is 0 Å². The number of aromatic nitrogens is 3. The summed E-state index contributed by atoms with van der Waals surface area (Å²) in [6.07, 6.45) is 15.3. The van der Waals surface area contributed by atoms with Crippen LogP contribution in [0.25, 0.3) is 11.4 Å². The monoisotopic (exact) mass is 588 g/mol. The van der Waals surface area contributed by atoms with Crippen LogP contribution in [0.4, 0.5) is 5.69 Å². The maximum absolute atomic E-state index is 11.3. The van der Waals surface area contributed by atoms with Gasteiger partial charge in [0.05, 0.1) is 5.69 Å². The van der Waals surface area contributed by atoms with E-state index in [4.69, 9.17) is 20.7 Å². The van der Waals surface area contributed by atoms with Crippen LogP contribution in [-0.4, -0.2) is 31.6 Å². The molecular formula is C33H56N4OS2. The molecule has 40 heavy (non-hydrogen) atoms. The highest BCUT2D eigenvalue weighted by Gasteiger charge is 2.31. The van der Waals surface area contributed by atoms with Crippen LogP contribution >= 0.6 is 23.5 Å². The largest absolute Gasteiger partial charge is 0.507 e. The minimum absolute atomic E-state index is 0.260. The minimum Gasteiger partial charge on any atom is -0.507 e. The number of hydrogen-bond acceptors (Lipinski definition) is 7. The van der Waals surface area contributed by atoms with Crippen LogP contribution in [-0.2, 0) is 10.8 Å². The number of unbranched alkanes of at least 4 members (excludes halogenated alkanes) is 10. The van der Waals surface area contributed by atoms with Gasteiger partial charge < -0.3 is 10.8 Å². The first-order valence-electron chi connectivity index (χ1n) is 15.6. The molecule has 0 amide bonds. The average molecular weight is 589 g/mol. The molecule has 226 valence electrons. The summed E-state index contributed by atoms with van der Waals surface area (Å²) in [6, 6.07) is 2.00. The normalized spacial score (nSPS) is 12.3. The van der Waals surface area contributed by atoms with Gasteiger partial charge in [-0.05, 0) is 29.7 Å². The van der Waals surface area contributed by atoms with Crippen LogP contribution < -0.4 is 5.73 Å². The van der Waals surface area contributed by atoms with Gasteiger partial charge in [-0.25, -0.2) is 9.97 Å². The molecule has 0 aliphatic carbocycles. The number of anilines is 1. The number of aromatic hydroxyl groups is 1. The number of hydrogen-bond donors (Lipinski definition) is 2. The highest BCUT2D eigenvalue weighted by Crippen LogP contribution is 2.46. The summed E-state index contributed by atoms with van der Waals surface area (Å²) in [5.74, 6) is 2.90. The highest BCUT2D eigenvalue weighted by atomic mass is 32.2. The van der Waals surface area contributed by atoms with Crippen molar-refractivity contribution in [1.29, 1.82) is 0 Å². The number of nitrogens with zero attached hydrogens (tertiary/aromatic N) is 3. The molecule has 7 heteroatoms. The number of thioether (sulfide) groups is 2. The fourth-order valence-corrected chi connectivity index (χ4v) is 6.61. The molecule has 2 rings (SSSR count). The zero-order chi connectivity index (χ0) is 29.8. The van der Waals surface area contributed by atoms with E-state index in [2.05, 4.69) is 55.4 Å². The van der Waals surface area contributed by atoms with Crippen LogP contribution in [0, 0.1) is 0 Å². The van der Waals surface area contributed by atoms with Crippen molar-refractivity contribution in [3.63, 3.8) is 0 Å². The van der Waals surface area contributed by atoms with Crippen molar-refractivity contribution in [2.75, 3.05) is 17.2 Å². The summed E-state index contributed by atoms with van der Waals surface area (Å²) in [4.78, 5) is 14.7. The standard InChI is InChI=1S/C33H56N4OS2/c1-9-11-13-15-17-19-21-39-30-35-29(36-31(37-30)40-22-20-18-16-14-12-10-2)24-23-25(32(3,4)5)28(38)26(27(24)34)33(6,7)8/h23,38H,9-22,34H2,1-8H3. The second kappa shape index (κ2) is 16.8. The van der Waals surface area contributed by atoms with Gasteiger partial charge in [-0.15, -0.1) is 0 Å². The summed E-state index contributed by atoms with van der Waals surface area (Å²) >= 11 is 3.45. The third kappa shape index (κ3) is 11.1. The Kier molecular flexibility index (Phi) is 14.6. The molecular weight excluding hydrogens is 533 g/mol. The molecule has 1 heterocycles. The zero-order valence-corrected chi connectivity index (χ0v) is 28.3. The van der Waals surface area contributed by atoms with E-state index in [0.29, 0.717) is 11.5 Å². The van der Waals surface area contributed by atoms with E-state index >= 15 is 0 Å². The minimum atomic E-state index is -0.331. The Morgan fingerprint density at radius 3 is 1.55 bits per heavy atom. The second-order valence-electron chi connectivity index (χ2n) is 13.1. The Bertz CT molecular complexity index is 1010. The van der Waals surface area contributed by atoms with Crippen molar-refractivity contribution in [3.8, 4) is 17.1 Å². The van der Waals surface area contributed by atoms with Gasteiger partial charge in [0, 0.05) is 28.2 Å². The van der Waals surface area contributed by atoms with Crippen LogP contribution in [0.3, 0.4) is 0 Å². The molecule has 0 saturated carbocycles. The summed E-state index contributed by atoms with van der Waals surface area (Å²) in [6.45, 7) is 17.1. The van der Waals surface area contributed by atoms with E-state index in [1.807, 2.05) is 6.07 Å². The van der Waals surface area contributed by atoms with Gasteiger partial charge in [-0.3, -0.25) is 0 Å². The number of benzene rings is 1. The topological polar surface area (TPSA) is 84.9 Å². The van der Waals surface area contributed by atoms with Crippen molar-refractivity contribution in [3.05, 3.63) is 17.2 Å². The molecule has 0 radical (unpaired) electrons. The Morgan fingerprint density at radius 1 is 0.675 bits per heavy atom. The van der Waals surface area contributed by atoms with Gasteiger partial charge in [0.2, 0.25) is 0 Å². The summed E-state index contributed by atoms with van der Waals surface area (Å²) < 4.78 is 0. The first-order chi connectivity index (χ1) is 18.9. The van der Waals surface area contributed by atoms with Gasteiger partial charge in [-0.2, -0.15) is 4.98 Å². The number of phenols is 1. The first kappa shape index (κ1) is 34.7. The highest BCUT2D eigenvalue weighted by molar-refractivity contribution is 7.99. The SMILES string of the molecule is CCCCCCCCSc1nc(SCCCCCCCC)nc(-c2cc(C(C)(C)C)c(O)c(C(C)(C)C)c2N)n1. The fourth-order valence-electron chi connectivity index (χ4n) is 4.88. The molecule has 0 saturated heterocycles. The number of rotatable bonds is 17. The smallest absolute Gasteiger partial charge is 0.192 e. The lowest BCUT2D eigenvalue weighted by atomic mass is 9.77. The third-order valence-corrected chi connectivity index (χ3v) is 9.06. The molecule has 0 bridgehead atoms. The molecule has 5 nitrogen and oxygen atoms in total. The Labute approximate surface area is 253 Å². The predicted octanol–water partition coefficient (Wildman–Crippen LogP) is 10.3. The third-order valence-electron chi connectivity index (χ3n) is 7.19. The maximum atomic E-state index is 11.3. The molecule has 0 aliphatic heterocycles. The van der Waals surface area contributed by atoms with Gasteiger partial charge in [0.15, 0.2) is 16.1 Å². The quantitative estimate of drug-likeness (QED) is 0.108. The Morgan fingerprint density at radius 2 is 1.12 bits per heavy atom. The van der Waals surface area contributed by atoms with Gasteiger partial charge >= 0.3 is 0 Å². The molecule has 3 N–H and O–H groups in total. The molecule has 0 fully saturated rings. The van der Waals surface area contributed by atoms with Crippen molar-refractivity contribution < 1.29 is 5.11 Å². The number of phenolic OH excluding ortho intramolecular Hbond substituents is 1. The first-order valence-corrected chi connectivity index (χ1v) is 17.6. The predicted molar refractivity (Wildman–Crippen MR) is 177 cm³/mol. The summed E-state index contributed by atoms with van der Waals surface area (Å²) in [5, 5.41) is 12.9. The summed E-state index contributed by atoms with van der Waals surface area (Å²) in [7, 11) is 0.